The largest absolute Gasteiger partial charge is 0.272 e. The lowest BCUT2D eigenvalue weighted by atomic mass is 10.1. The molecule has 0 atom stereocenters. The molecule has 0 bridgehead atoms. The van der Waals surface area contributed by atoms with Gasteiger partial charge in [0.1, 0.15) is 0 Å². The van der Waals surface area contributed by atoms with Crippen LogP contribution in [0, 0.1) is 13.8 Å². The molecule has 0 aromatic heterocycles. The molecule has 4 heteroatoms. The average Bonchev–Trinajstić information content (AvgIpc) is 2.63. The number of hydrogen-bond acceptors (Lipinski definition) is 2. The number of rotatable bonds is 6. The molecule has 0 radical (unpaired) electrons. The topological polar surface area (TPSA) is 49.4 Å². The Morgan fingerprint density at radius 3 is 2.08 bits per heavy atom. The maximum absolute atomic E-state index is 12.9. The van der Waals surface area contributed by atoms with E-state index in [2.05, 4.69) is 19.3 Å². The van der Waals surface area contributed by atoms with Gasteiger partial charge < -0.3 is 0 Å². The van der Waals surface area contributed by atoms with Gasteiger partial charge in [-0.1, -0.05) is 49.6 Å². The third kappa shape index (κ3) is 5.19. The number of hydrazine groups is 1. The van der Waals surface area contributed by atoms with Crippen LogP contribution < -0.4 is 5.43 Å². The zero-order chi connectivity index (χ0) is 19.1. The minimum absolute atomic E-state index is 0.177. The van der Waals surface area contributed by atoms with Crippen molar-refractivity contribution < 1.29 is 9.59 Å². The third-order valence-electron chi connectivity index (χ3n) is 4.31. The fourth-order valence-electron chi connectivity index (χ4n) is 2.86. The molecular weight excluding hydrogens is 324 g/mol. The quantitative estimate of drug-likeness (QED) is 0.781. The molecule has 0 saturated heterocycles. The van der Waals surface area contributed by atoms with E-state index < -0.39 is 0 Å². The summed E-state index contributed by atoms with van der Waals surface area (Å²) < 4.78 is 0. The van der Waals surface area contributed by atoms with Gasteiger partial charge in [-0.15, -0.1) is 0 Å². The second kappa shape index (κ2) is 9.18. The molecule has 4 nitrogen and oxygen atoms in total. The predicted molar refractivity (Wildman–Crippen MR) is 105 cm³/mol. The molecule has 2 aromatic rings. The third-order valence-corrected chi connectivity index (χ3v) is 4.31. The lowest BCUT2D eigenvalue weighted by Gasteiger charge is -2.24. The standard InChI is InChI=1S/C22H28N2O2/c1-5-7-12-24(22(26)20-14-16(3)13-17(4)15-20)23-21(25)19-10-8-18(6-2)9-11-19/h8-11,13-15H,5-7,12H2,1-4H3,(H,23,25). The Hall–Kier alpha value is -2.62. The molecule has 2 aromatic carbocycles. The molecular formula is C22H28N2O2. The summed E-state index contributed by atoms with van der Waals surface area (Å²) in [7, 11) is 0. The fourth-order valence-corrected chi connectivity index (χ4v) is 2.86. The van der Waals surface area contributed by atoms with Crippen molar-refractivity contribution in [2.24, 2.45) is 0 Å². The van der Waals surface area contributed by atoms with E-state index in [9.17, 15) is 9.59 Å². The number of amides is 2. The first-order valence-electron chi connectivity index (χ1n) is 9.24. The number of carbonyl (C=O) groups excluding carboxylic acids is 2. The molecule has 2 rings (SSSR count). The second-order valence-corrected chi connectivity index (χ2v) is 6.68. The fraction of sp³-hybridized carbons (Fsp3) is 0.364. The summed E-state index contributed by atoms with van der Waals surface area (Å²) >= 11 is 0. The maximum atomic E-state index is 12.9. The second-order valence-electron chi connectivity index (χ2n) is 6.68. The summed E-state index contributed by atoms with van der Waals surface area (Å²) in [6.07, 6.45) is 2.69. The van der Waals surface area contributed by atoms with E-state index in [0.717, 1.165) is 30.4 Å². The molecule has 0 aliphatic carbocycles. The van der Waals surface area contributed by atoms with Crippen LogP contribution in [0.5, 0.6) is 0 Å². The van der Waals surface area contributed by atoms with Crippen LogP contribution in [0.1, 0.15) is 64.1 Å². The molecule has 2 amide bonds. The van der Waals surface area contributed by atoms with E-state index in [4.69, 9.17) is 0 Å². The first-order chi connectivity index (χ1) is 12.4. The molecule has 26 heavy (non-hydrogen) atoms. The molecule has 0 aliphatic heterocycles. The van der Waals surface area contributed by atoms with Gasteiger partial charge in [0.05, 0.1) is 0 Å². The van der Waals surface area contributed by atoms with Gasteiger partial charge in [0.2, 0.25) is 0 Å². The van der Waals surface area contributed by atoms with Crippen molar-refractivity contribution in [3.8, 4) is 0 Å². The minimum Gasteiger partial charge on any atom is -0.267 e. The van der Waals surface area contributed by atoms with Crippen LogP contribution in [0.15, 0.2) is 42.5 Å². The number of nitrogens with one attached hydrogen (secondary N) is 1. The molecule has 0 aliphatic rings. The van der Waals surface area contributed by atoms with Crippen LogP contribution in [-0.2, 0) is 6.42 Å². The highest BCUT2D eigenvalue weighted by Gasteiger charge is 2.19. The summed E-state index contributed by atoms with van der Waals surface area (Å²) in [6.45, 7) is 8.55. The van der Waals surface area contributed by atoms with Crippen molar-refractivity contribution in [2.45, 2.75) is 47.0 Å². The molecule has 138 valence electrons. The van der Waals surface area contributed by atoms with Gasteiger partial charge >= 0.3 is 0 Å². The summed E-state index contributed by atoms with van der Waals surface area (Å²) in [4.78, 5) is 25.5. The monoisotopic (exact) mass is 352 g/mol. The predicted octanol–water partition coefficient (Wildman–Crippen LogP) is 4.45. The molecule has 0 fully saturated rings. The van der Waals surface area contributed by atoms with Gasteiger partial charge in [0, 0.05) is 17.7 Å². The van der Waals surface area contributed by atoms with Crippen LogP contribution in [0.25, 0.3) is 0 Å². The van der Waals surface area contributed by atoms with Crippen molar-refractivity contribution in [2.75, 3.05) is 6.54 Å². The van der Waals surface area contributed by atoms with E-state index in [0.29, 0.717) is 17.7 Å². The van der Waals surface area contributed by atoms with Gasteiger partial charge in [-0.2, -0.15) is 0 Å². The van der Waals surface area contributed by atoms with Crippen molar-refractivity contribution in [3.05, 3.63) is 70.3 Å². The highest BCUT2D eigenvalue weighted by molar-refractivity contribution is 5.99. The Balaban J connectivity index is 2.19. The van der Waals surface area contributed by atoms with Crippen LogP contribution in [0.2, 0.25) is 0 Å². The van der Waals surface area contributed by atoms with Gasteiger partial charge in [-0.05, 0) is 56.5 Å². The summed E-state index contributed by atoms with van der Waals surface area (Å²) in [5.41, 5.74) is 7.18. The van der Waals surface area contributed by atoms with Crippen molar-refractivity contribution in [3.63, 3.8) is 0 Å². The zero-order valence-electron chi connectivity index (χ0n) is 16.1. The normalized spacial score (nSPS) is 10.5. The van der Waals surface area contributed by atoms with Gasteiger partial charge in [0.25, 0.3) is 11.8 Å². The SMILES string of the molecule is CCCCN(NC(=O)c1ccc(CC)cc1)C(=O)c1cc(C)cc(C)c1. The molecule has 1 N–H and O–H groups in total. The van der Waals surface area contributed by atoms with E-state index in [1.54, 1.807) is 12.1 Å². The minimum atomic E-state index is -0.263. The lowest BCUT2D eigenvalue weighted by molar-refractivity contribution is 0.0580. The van der Waals surface area contributed by atoms with Gasteiger partial charge in [-0.25, -0.2) is 5.01 Å². The Bertz CT molecular complexity index is 746. The number of aryl methyl sites for hydroxylation is 3. The van der Waals surface area contributed by atoms with Crippen LogP contribution in [-0.4, -0.2) is 23.4 Å². The van der Waals surface area contributed by atoms with E-state index in [1.165, 1.54) is 10.6 Å². The lowest BCUT2D eigenvalue weighted by Crippen LogP contribution is -2.46. The van der Waals surface area contributed by atoms with Crippen molar-refractivity contribution in [1.29, 1.82) is 0 Å². The van der Waals surface area contributed by atoms with Gasteiger partial charge in [0.15, 0.2) is 0 Å². The Kier molecular flexibility index (Phi) is 6.96. The molecule has 0 unspecified atom stereocenters. The Morgan fingerprint density at radius 2 is 1.54 bits per heavy atom. The number of unbranched alkanes of at least 4 members (excludes halogenated alkanes) is 1. The Morgan fingerprint density at radius 1 is 0.923 bits per heavy atom. The number of nitrogens with zero attached hydrogens (tertiary/aromatic N) is 1. The summed E-state index contributed by atoms with van der Waals surface area (Å²) in [5, 5.41) is 1.44. The number of hydrogen-bond donors (Lipinski definition) is 1. The zero-order valence-corrected chi connectivity index (χ0v) is 16.1. The van der Waals surface area contributed by atoms with E-state index in [-0.39, 0.29) is 11.8 Å². The first kappa shape index (κ1) is 19.7. The van der Waals surface area contributed by atoms with Crippen LogP contribution in [0.3, 0.4) is 0 Å². The molecule has 0 spiro atoms. The van der Waals surface area contributed by atoms with Crippen molar-refractivity contribution >= 4 is 11.8 Å². The smallest absolute Gasteiger partial charge is 0.267 e. The average molecular weight is 352 g/mol. The van der Waals surface area contributed by atoms with Crippen LogP contribution >= 0.6 is 0 Å². The summed E-state index contributed by atoms with van der Waals surface area (Å²) in [5.74, 6) is -0.440. The molecule has 0 heterocycles. The van der Waals surface area contributed by atoms with Crippen LogP contribution in [0.4, 0.5) is 0 Å². The maximum Gasteiger partial charge on any atom is 0.272 e. The van der Waals surface area contributed by atoms with E-state index >= 15 is 0 Å². The Labute approximate surface area is 156 Å². The van der Waals surface area contributed by atoms with Gasteiger partial charge in [-0.3, -0.25) is 15.0 Å². The van der Waals surface area contributed by atoms with E-state index in [1.807, 2.05) is 44.2 Å². The highest BCUT2D eigenvalue weighted by Crippen LogP contribution is 2.12. The highest BCUT2D eigenvalue weighted by atomic mass is 16.2. The number of benzene rings is 2. The molecule has 0 saturated carbocycles. The summed E-state index contributed by atoms with van der Waals surface area (Å²) in [6, 6.07) is 13.2. The number of carbonyl (C=O) groups is 2. The van der Waals surface area contributed by atoms with Crippen molar-refractivity contribution in [1.82, 2.24) is 10.4 Å². The first-order valence-corrected chi connectivity index (χ1v) is 9.24.